The highest BCUT2D eigenvalue weighted by Gasteiger charge is 2.16. The van der Waals surface area contributed by atoms with E-state index in [-0.39, 0.29) is 28.0 Å². The Kier molecular flexibility index (Phi) is 4.94. The molecule has 0 aliphatic rings. The molecule has 0 unspecified atom stereocenters. The third-order valence-corrected chi connectivity index (χ3v) is 3.72. The molecule has 0 aliphatic carbocycles. The van der Waals surface area contributed by atoms with Gasteiger partial charge in [0.1, 0.15) is 5.69 Å². The topological polar surface area (TPSA) is 146 Å². The lowest BCUT2D eigenvalue weighted by Crippen LogP contribution is -2.15. The zero-order valence-corrected chi connectivity index (χ0v) is 14.0. The summed E-state index contributed by atoms with van der Waals surface area (Å²) in [7, 11) is 0. The molecule has 0 fully saturated rings. The largest absolute Gasteiger partial charge is 0.414 e. The van der Waals surface area contributed by atoms with Crippen LogP contribution in [0.2, 0.25) is 0 Å². The minimum absolute atomic E-state index is 0.0792. The molecule has 0 spiro atoms. The van der Waals surface area contributed by atoms with Crippen molar-refractivity contribution in [2.75, 3.05) is 5.32 Å². The second kappa shape index (κ2) is 7.50. The summed E-state index contributed by atoms with van der Waals surface area (Å²) in [6.07, 6.45) is 2.55. The van der Waals surface area contributed by atoms with Gasteiger partial charge in [-0.3, -0.25) is 25.0 Å². The van der Waals surface area contributed by atoms with Crippen molar-refractivity contribution in [3.05, 3.63) is 90.8 Å². The number of rotatable bonds is 5. The molecule has 0 bridgehead atoms. The molecule has 2 aromatic carbocycles. The van der Waals surface area contributed by atoms with Gasteiger partial charge in [0.15, 0.2) is 0 Å². The highest BCUT2D eigenvalue weighted by atomic mass is 16.6. The van der Waals surface area contributed by atoms with Gasteiger partial charge in [-0.25, -0.2) is 4.79 Å². The Balaban J connectivity index is 1.81. The first kappa shape index (κ1) is 18.5. The second-order valence-electron chi connectivity index (χ2n) is 5.57. The molecule has 0 saturated heterocycles. The Labute approximate surface area is 156 Å². The van der Waals surface area contributed by atoms with Crippen molar-refractivity contribution in [3.63, 3.8) is 0 Å². The molecule has 1 amide bonds. The van der Waals surface area contributed by atoms with E-state index in [1.54, 1.807) is 0 Å². The number of nitrogens with zero attached hydrogens (tertiary/aromatic N) is 2. The molecule has 10 nitrogen and oxygen atoms in total. The number of nitro groups is 2. The summed E-state index contributed by atoms with van der Waals surface area (Å²) in [5.74, 6) is -0.643. The molecule has 1 heterocycles. The third-order valence-electron chi connectivity index (χ3n) is 3.72. The highest BCUT2D eigenvalue weighted by molar-refractivity contribution is 6.02. The third kappa shape index (κ3) is 3.90. The van der Waals surface area contributed by atoms with E-state index < -0.39 is 21.4 Å². The van der Waals surface area contributed by atoms with Crippen LogP contribution in [0.1, 0.15) is 5.56 Å². The quantitative estimate of drug-likeness (QED) is 0.309. The molecule has 0 atom stereocenters. The van der Waals surface area contributed by atoms with Crippen LogP contribution >= 0.6 is 0 Å². The summed E-state index contributed by atoms with van der Waals surface area (Å²) in [4.78, 5) is 44.5. The van der Waals surface area contributed by atoms with E-state index in [1.807, 2.05) is 0 Å². The van der Waals surface area contributed by atoms with Gasteiger partial charge in [0.25, 0.3) is 5.69 Å². The van der Waals surface area contributed by atoms with E-state index in [0.717, 1.165) is 6.08 Å². The number of nitro benzene ring substituents is 2. The molecule has 140 valence electrons. The van der Waals surface area contributed by atoms with Gasteiger partial charge >= 0.3 is 11.3 Å². The van der Waals surface area contributed by atoms with Crippen LogP contribution in [-0.2, 0) is 4.79 Å². The molecule has 1 aromatic heterocycles. The number of carbonyl (C=O) groups is 1. The SMILES string of the molecule is O=C(C=Cc1ccc([N+](=O)[O-])cc1)Nc1cc2cccc([N+](=O)[O-])c2oc1=O. The summed E-state index contributed by atoms with van der Waals surface area (Å²) >= 11 is 0. The molecule has 28 heavy (non-hydrogen) atoms. The number of anilines is 1. The van der Waals surface area contributed by atoms with Crippen molar-refractivity contribution in [1.82, 2.24) is 0 Å². The average molecular weight is 381 g/mol. The number of carbonyl (C=O) groups excluding carboxylic acids is 1. The Bertz CT molecular complexity index is 1180. The molecule has 3 rings (SSSR count). The predicted octanol–water partition coefficient (Wildman–Crippen LogP) is 3.26. The highest BCUT2D eigenvalue weighted by Crippen LogP contribution is 2.25. The molecular weight excluding hydrogens is 370 g/mol. The number of amides is 1. The molecular formula is C18H11N3O7. The zero-order chi connectivity index (χ0) is 20.3. The zero-order valence-electron chi connectivity index (χ0n) is 14.0. The molecule has 0 saturated carbocycles. The standard InChI is InChI=1S/C18H11N3O7/c22-16(9-6-11-4-7-13(8-5-11)20(24)25)19-14-10-12-2-1-3-15(21(26)27)17(12)28-18(14)23/h1-10H,(H,19,22). The summed E-state index contributed by atoms with van der Waals surface area (Å²) < 4.78 is 4.98. The first-order valence-corrected chi connectivity index (χ1v) is 7.80. The lowest BCUT2D eigenvalue weighted by molar-refractivity contribution is -0.384. The van der Waals surface area contributed by atoms with Crippen LogP contribution in [-0.4, -0.2) is 15.8 Å². The number of fused-ring (bicyclic) bond motifs is 1. The summed E-state index contributed by atoms with van der Waals surface area (Å²) in [5.41, 5.74) is -1.18. The fourth-order valence-electron chi connectivity index (χ4n) is 2.41. The van der Waals surface area contributed by atoms with Crippen molar-refractivity contribution in [3.8, 4) is 0 Å². The van der Waals surface area contributed by atoms with Crippen LogP contribution in [0, 0.1) is 20.2 Å². The van der Waals surface area contributed by atoms with Crippen molar-refractivity contribution < 1.29 is 19.1 Å². The Hall–Kier alpha value is -4.34. The van der Waals surface area contributed by atoms with Crippen LogP contribution in [0.3, 0.4) is 0 Å². The maximum atomic E-state index is 12.0. The fraction of sp³-hybridized carbons (Fsp3) is 0. The van der Waals surface area contributed by atoms with Gasteiger partial charge in [-0.05, 0) is 29.8 Å². The van der Waals surface area contributed by atoms with Gasteiger partial charge in [-0.1, -0.05) is 12.1 Å². The maximum Gasteiger partial charge on any atom is 0.360 e. The minimum atomic E-state index is -0.932. The number of hydrogen-bond acceptors (Lipinski definition) is 7. The number of para-hydroxylation sites is 1. The van der Waals surface area contributed by atoms with Gasteiger partial charge in [0, 0.05) is 29.7 Å². The van der Waals surface area contributed by atoms with Crippen LogP contribution in [0.5, 0.6) is 0 Å². The molecule has 0 radical (unpaired) electrons. The van der Waals surface area contributed by atoms with Crippen molar-refractivity contribution in [2.24, 2.45) is 0 Å². The predicted molar refractivity (Wildman–Crippen MR) is 99.9 cm³/mol. The van der Waals surface area contributed by atoms with Gasteiger partial charge in [-0.15, -0.1) is 0 Å². The molecule has 0 aliphatic heterocycles. The van der Waals surface area contributed by atoms with Gasteiger partial charge in [0.2, 0.25) is 11.5 Å². The van der Waals surface area contributed by atoms with E-state index >= 15 is 0 Å². The van der Waals surface area contributed by atoms with Crippen LogP contribution < -0.4 is 10.9 Å². The van der Waals surface area contributed by atoms with Gasteiger partial charge < -0.3 is 9.73 Å². The minimum Gasteiger partial charge on any atom is -0.414 e. The number of nitrogens with one attached hydrogen (secondary N) is 1. The summed E-state index contributed by atoms with van der Waals surface area (Å²) in [5, 5.41) is 24.2. The van der Waals surface area contributed by atoms with E-state index in [2.05, 4.69) is 5.32 Å². The van der Waals surface area contributed by atoms with E-state index in [9.17, 15) is 29.8 Å². The van der Waals surface area contributed by atoms with E-state index in [4.69, 9.17) is 4.42 Å². The van der Waals surface area contributed by atoms with Crippen molar-refractivity contribution in [2.45, 2.75) is 0 Å². The lowest BCUT2D eigenvalue weighted by atomic mass is 10.2. The second-order valence-corrected chi connectivity index (χ2v) is 5.57. The number of benzene rings is 2. The first-order chi connectivity index (χ1) is 13.3. The molecule has 1 N–H and O–H groups in total. The summed E-state index contributed by atoms with van der Waals surface area (Å²) in [6, 6.07) is 10.9. The van der Waals surface area contributed by atoms with E-state index in [1.165, 1.54) is 54.6 Å². The fourth-order valence-corrected chi connectivity index (χ4v) is 2.41. The molecule has 3 aromatic rings. The maximum absolute atomic E-state index is 12.0. The first-order valence-electron chi connectivity index (χ1n) is 7.80. The van der Waals surface area contributed by atoms with Crippen LogP contribution in [0.4, 0.5) is 17.1 Å². The van der Waals surface area contributed by atoms with Crippen LogP contribution in [0.25, 0.3) is 17.0 Å². The van der Waals surface area contributed by atoms with Crippen molar-refractivity contribution >= 4 is 40.0 Å². The van der Waals surface area contributed by atoms with Gasteiger partial charge in [-0.2, -0.15) is 0 Å². The van der Waals surface area contributed by atoms with Gasteiger partial charge in [0.05, 0.1) is 9.85 Å². The van der Waals surface area contributed by atoms with Crippen molar-refractivity contribution in [1.29, 1.82) is 0 Å². The number of non-ortho nitro benzene ring substituents is 2. The smallest absolute Gasteiger partial charge is 0.360 e. The number of hydrogen-bond donors (Lipinski definition) is 1. The normalized spacial score (nSPS) is 10.9. The lowest BCUT2D eigenvalue weighted by Gasteiger charge is -2.03. The summed E-state index contributed by atoms with van der Waals surface area (Å²) in [6.45, 7) is 0. The molecule has 10 heteroatoms. The van der Waals surface area contributed by atoms with E-state index in [0.29, 0.717) is 5.56 Å². The Morgan fingerprint density at radius 1 is 1.04 bits per heavy atom. The van der Waals surface area contributed by atoms with Crippen LogP contribution in [0.15, 0.2) is 63.8 Å². The Morgan fingerprint density at radius 3 is 2.39 bits per heavy atom. The monoisotopic (exact) mass is 381 g/mol. The Morgan fingerprint density at radius 2 is 1.75 bits per heavy atom. The average Bonchev–Trinajstić information content (AvgIpc) is 2.66.